The molecular formula is C26H33NO5S. The number of esters is 1. The number of nitrogens with one attached hydrogen (secondary N) is 1. The standard InChI is InChI=1S/C26H33NO5S/c1-5-32-26(31)22-21(18-12-10-17(11-13-18)14-15(2)3)16(4)33-24(22)27-23(28)19-8-6-7-9-20(19)25(29)30/h10-13,15,19-20H,5-9,14H2,1-4H3,(H,27,28)(H,29,30)/t19-,20-/m0/s1. The Balaban J connectivity index is 1.96. The predicted octanol–water partition coefficient (Wildman–Crippen LogP) is 5.93. The maximum Gasteiger partial charge on any atom is 0.341 e. The summed E-state index contributed by atoms with van der Waals surface area (Å²) < 4.78 is 5.33. The van der Waals surface area contributed by atoms with E-state index in [2.05, 4.69) is 31.3 Å². The molecule has 7 heteroatoms. The highest BCUT2D eigenvalue weighted by Gasteiger charge is 2.37. The molecule has 1 aliphatic rings. The van der Waals surface area contributed by atoms with Gasteiger partial charge in [0.2, 0.25) is 5.91 Å². The second-order valence-electron chi connectivity index (χ2n) is 9.08. The van der Waals surface area contributed by atoms with Crippen LogP contribution < -0.4 is 5.32 Å². The Morgan fingerprint density at radius 1 is 1.12 bits per heavy atom. The van der Waals surface area contributed by atoms with Crippen LogP contribution in [0.2, 0.25) is 0 Å². The molecule has 6 nitrogen and oxygen atoms in total. The van der Waals surface area contributed by atoms with E-state index in [9.17, 15) is 19.5 Å². The third kappa shape index (κ3) is 5.82. The molecule has 0 bridgehead atoms. The first-order valence-corrected chi connectivity index (χ1v) is 12.5. The Morgan fingerprint density at radius 2 is 1.76 bits per heavy atom. The molecule has 0 unspecified atom stereocenters. The molecule has 1 aromatic carbocycles. The minimum Gasteiger partial charge on any atom is -0.481 e. The fourth-order valence-corrected chi connectivity index (χ4v) is 5.67. The number of thiophene rings is 1. The molecule has 2 N–H and O–H groups in total. The van der Waals surface area contributed by atoms with Crippen LogP contribution in [-0.2, 0) is 20.7 Å². The van der Waals surface area contributed by atoms with Crippen LogP contribution in [0.25, 0.3) is 11.1 Å². The Kier molecular flexibility index (Phi) is 8.30. The van der Waals surface area contributed by atoms with Gasteiger partial charge in [0, 0.05) is 10.4 Å². The monoisotopic (exact) mass is 471 g/mol. The summed E-state index contributed by atoms with van der Waals surface area (Å²) in [5, 5.41) is 12.9. The van der Waals surface area contributed by atoms with Gasteiger partial charge in [0.25, 0.3) is 0 Å². The molecule has 2 aromatic rings. The van der Waals surface area contributed by atoms with Crippen molar-refractivity contribution in [2.45, 2.75) is 59.8 Å². The molecule has 1 aliphatic carbocycles. The number of anilines is 1. The third-order valence-electron chi connectivity index (χ3n) is 6.11. The van der Waals surface area contributed by atoms with Gasteiger partial charge < -0.3 is 15.2 Å². The highest BCUT2D eigenvalue weighted by atomic mass is 32.1. The third-order valence-corrected chi connectivity index (χ3v) is 7.13. The number of carbonyl (C=O) groups is 3. The van der Waals surface area contributed by atoms with E-state index in [1.807, 2.05) is 19.1 Å². The van der Waals surface area contributed by atoms with Crippen molar-refractivity contribution >= 4 is 34.2 Å². The van der Waals surface area contributed by atoms with E-state index in [1.54, 1.807) is 6.92 Å². The summed E-state index contributed by atoms with van der Waals surface area (Å²) in [5.41, 5.74) is 3.21. The number of aliphatic carboxylic acids is 1. The van der Waals surface area contributed by atoms with E-state index in [0.29, 0.717) is 29.3 Å². The van der Waals surface area contributed by atoms with Crippen molar-refractivity contribution in [1.29, 1.82) is 0 Å². The van der Waals surface area contributed by atoms with Gasteiger partial charge in [-0.2, -0.15) is 0 Å². The number of carboxylic acids is 1. The van der Waals surface area contributed by atoms with Crippen molar-refractivity contribution in [2.75, 3.05) is 11.9 Å². The lowest BCUT2D eigenvalue weighted by molar-refractivity contribution is -0.147. The molecule has 0 saturated heterocycles. The van der Waals surface area contributed by atoms with Gasteiger partial charge in [-0.3, -0.25) is 9.59 Å². The molecule has 2 atom stereocenters. The average Bonchev–Trinajstić information content (AvgIpc) is 3.09. The van der Waals surface area contributed by atoms with E-state index in [0.717, 1.165) is 35.3 Å². The molecule has 0 aliphatic heterocycles. The maximum atomic E-state index is 13.1. The molecular weight excluding hydrogens is 438 g/mol. The molecule has 0 radical (unpaired) electrons. The van der Waals surface area contributed by atoms with Crippen LogP contribution in [0, 0.1) is 24.7 Å². The van der Waals surface area contributed by atoms with Crippen LogP contribution in [0.4, 0.5) is 5.00 Å². The molecule has 1 fully saturated rings. The first kappa shape index (κ1) is 25.0. The van der Waals surface area contributed by atoms with Gasteiger partial charge in [0.15, 0.2) is 0 Å². The lowest BCUT2D eigenvalue weighted by Gasteiger charge is -2.27. The lowest BCUT2D eigenvalue weighted by atomic mass is 9.78. The molecule has 1 heterocycles. The van der Waals surface area contributed by atoms with Crippen molar-refractivity contribution in [3.05, 3.63) is 40.3 Å². The molecule has 1 aromatic heterocycles. The highest BCUT2D eigenvalue weighted by Crippen LogP contribution is 2.41. The number of hydrogen-bond acceptors (Lipinski definition) is 5. The van der Waals surface area contributed by atoms with Crippen molar-refractivity contribution in [1.82, 2.24) is 0 Å². The normalized spacial score (nSPS) is 18.2. The van der Waals surface area contributed by atoms with Crippen LogP contribution in [0.15, 0.2) is 24.3 Å². The largest absolute Gasteiger partial charge is 0.481 e. The van der Waals surface area contributed by atoms with Gasteiger partial charge in [-0.15, -0.1) is 11.3 Å². The SMILES string of the molecule is CCOC(=O)c1c(NC(=O)[C@H]2CCCC[C@@H]2C(=O)O)sc(C)c1-c1ccc(CC(C)C)cc1. The smallest absolute Gasteiger partial charge is 0.341 e. The number of ether oxygens (including phenoxy) is 1. The van der Waals surface area contributed by atoms with E-state index < -0.39 is 23.8 Å². The molecule has 33 heavy (non-hydrogen) atoms. The van der Waals surface area contributed by atoms with Crippen LogP contribution in [0.3, 0.4) is 0 Å². The van der Waals surface area contributed by atoms with Gasteiger partial charge in [0.05, 0.1) is 18.4 Å². The fourth-order valence-electron chi connectivity index (χ4n) is 4.60. The lowest BCUT2D eigenvalue weighted by Crippen LogP contribution is -2.36. The maximum absolute atomic E-state index is 13.1. The summed E-state index contributed by atoms with van der Waals surface area (Å²) in [6.45, 7) is 8.23. The predicted molar refractivity (Wildman–Crippen MR) is 131 cm³/mol. The summed E-state index contributed by atoms with van der Waals surface area (Å²) >= 11 is 1.33. The summed E-state index contributed by atoms with van der Waals surface area (Å²) in [7, 11) is 0. The first-order chi connectivity index (χ1) is 15.7. The number of benzene rings is 1. The summed E-state index contributed by atoms with van der Waals surface area (Å²) in [6.07, 6.45) is 3.64. The number of carbonyl (C=O) groups excluding carboxylic acids is 2. The second kappa shape index (κ2) is 11.0. The number of hydrogen-bond donors (Lipinski definition) is 2. The van der Waals surface area contributed by atoms with Crippen LogP contribution >= 0.6 is 11.3 Å². The van der Waals surface area contributed by atoms with E-state index in [4.69, 9.17) is 4.74 Å². The second-order valence-corrected chi connectivity index (χ2v) is 10.3. The zero-order chi connectivity index (χ0) is 24.1. The zero-order valence-corrected chi connectivity index (χ0v) is 20.6. The van der Waals surface area contributed by atoms with Crippen molar-refractivity contribution in [2.24, 2.45) is 17.8 Å². The Hall–Kier alpha value is -2.67. The molecule has 0 spiro atoms. The minimum atomic E-state index is -0.940. The topological polar surface area (TPSA) is 92.7 Å². The van der Waals surface area contributed by atoms with Crippen molar-refractivity contribution in [3.63, 3.8) is 0 Å². The van der Waals surface area contributed by atoms with E-state index in [1.165, 1.54) is 16.9 Å². The minimum absolute atomic E-state index is 0.220. The molecule has 3 rings (SSSR count). The number of rotatable bonds is 8. The number of aryl methyl sites for hydroxylation is 1. The van der Waals surface area contributed by atoms with Crippen LogP contribution in [0.5, 0.6) is 0 Å². The summed E-state index contributed by atoms with van der Waals surface area (Å²) in [4.78, 5) is 38.6. The Labute approximate surface area is 199 Å². The van der Waals surface area contributed by atoms with Crippen molar-refractivity contribution < 1.29 is 24.2 Å². The number of carboxylic acid groups (broad SMARTS) is 1. The average molecular weight is 472 g/mol. The quantitative estimate of drug-likeness (QED) is 0.466. The fraction of sp³-hybridized carbons (Fsp3) is 0.500. The summed E-state index contributed by atoms with van der Waals surface area (Å²) in [5.74, 6) is -2.52. The molecule has 1 amide bonds. The van der Waals surface area contributed by atoms with Crippen molar-refractivity contribution in [3.8, 4) is 11.1 Å². The molecule has 1 saturated carbocycles. The van der Waals surface area contributed by atoms with Crippen LogP contribution in [0.1, 0.15) is 67.3 Å². The van der Waals surface area contributed by atoms with Gasteiger partial charge >= 0.3 is 11.9 Å². The van der Waals surface area contributed by atoms with E-state index >= 15 is 0 Å². The van der Waals surface area contributed by atoms with Gasteiger partial charge in [0.1, 0.15) is 10.6 Å². The highest BCUT2D eigenvalue weighted by molar-refractivity contribution is 7.17. The van der Waals surface area contributed by atoms with Gasteiger partial charge in [-0.05, 0) is 50.2 Å². The van der Waals surface area contributed by atoms with Crippen LogP contribution in [-0.4, -0.2) is 29.6 Å². The van der Waals surface area contributed by atoms with E-state index in [-0.39, 0.29) is 12.5 Å². The zero-order valence-electron chi connectivity index (χ0n) is 19.8. The number of amides is 1. The summed E-state index contributed by atoms with van der Waals surface area (Å²) in [6, 6.07) is 8.14. The first-order valence-electron chi connectivity index (χ1n) is 11.7. The Bertz CT molecular complexity index is 1010. The van der Waals surface area contributed by atoms with Gasteiger partial charge in [-0.25, -0.2) is 4.79 Å². The van der Waals surface area contributed by atoms with Gasteiger partial charge in [-0.1, -0.05) is 51.0 Å². The Morgan fingerprint density at radius 3 is 2.33 bits per heavy atom. The molecule has 178 valence electrons.